The normalized spacial score (nSPS) is 12.2. The van der Waals surface area contributed by atoms with E-state index in [9.17, 15) is 5.11 Å². The van der Waals surface area contributed by atoms with Gasteiger partial charge in [-0.2, -0.15) is 0 Å². The van der Waals surface area contributed by atoms with Gasteiger partial charge in [-0.1, -0.05) is 6.07 Å². The van der Waals surface area contributed by atoms with Crippen molar-refractivity contribution in [3.8, 4) is 11.5 Å². The average Bonchev–Trinajstić information content (AvgIpc) is 2.45. The van der Waals surface area contributed by atoms with E-state index in [1.54, 1.807) is 0 Å². The molecule has 0 spiro atoms. The Morgan fingerprint density at radius 3 is 2.35 bits per heavy atom. The van der Waals surface area contributed by atoms with Crippen molar-refractivity contribution in [3.63, 3.8) is 0 Å². The third-order valence-electron chi connectivity index (χ3n) is 2.92. The smallest absolute Gasteiger partial charge is 0.161 e. The first-order chi connectivity index (χ1) is 9.72. The maximum absolute atomic E-state index is 10.2. The molecule has 0 amide bonds. The van der Waals surface area contributed by atoms with E-state index in [4.69, 9.17) is 14.2 Å². The van der Waals surface area contributed by atoms with Crippen LogP contribution in [0.5, 0.6) is 11.5 Å². The minimum Gasteiger partial charge on any atom is -0.490 e. The van der Waals surface area contributed by atoms with Crippen LogP contribution in [-0.4, -0.2) is 31.5 Å². The van der Waals surface area contributed by atoms with Crippen LogP contribution in [0.15, 0.2) is 18.2 Å². The lowest BCUT2D eigenvalue weighted by molar-refractivity contribution is 0.114. The Bertz CT molecular complexity index is 379. The van der Waals surface area contributed by atoms with Crippen LogP contribution in [0.4, 0.5) is 0 Å². The third-order valence-corrected chi connectivity index (χ3v) is 2.92. The Morgan fingerprint density at radius 2 is 1.70 bits per heavy atom. The Hall–Kier alpha value is -1.26. The van der Waals surface area contributed by atoms with Crippen molar-refractivity contribution in [2.24, 2.45) is 0 Å². The molecule has 1 aromatic rings. The third kappa shape index (κ3) is 5.39. The molecule has 0 aliphatic rings. The van der Waals surface area contributed by atoms with E-state index in [2.05, 4.69) is 0 Å². The van der Waals surface area contributed by atoms with Crippen LogP contribution >= 0.6 is 0 Å². The zero-order valence-electron chi connectivity index (χ0n) is 12.7. The number of aliphatic hydroxyl groups is 1. The number of aliphatic hydroxyl groups excluding tert-OH is 1. The highest BCUT2D eigenvalue weighted by molar-refractivity contribution is 5.43. The molecule has 114 valence electrons. The summed E-state index contributed by atoms with van der Waals surface area (Å²) in [5, 5.41) is 10.2. The molecule has 0 aliphatic carbocycles. The van der Waals surface area contributed by atoms with E-state index in [1.807, 2.05) is 39.0 Å². The first kappa shape index (κ1) is 16.8. The Morgan fingerprint density at radius 1 is 1.00 bits per heavy atom. The second kappa shape index (κ2) is 9.61. The van der Waals surface area contributed by atoms with Gasteiger partial charge in [0.1, 0.15) is 0 Å². The van der Waals surface area contributed by atoms with Gasteiger partial charge in [0, 0.05) is 13.2 Å². The summed E-state index contributed by atoms with van der Waals surface area (Å²) in [7, 11) is 0. The molecule has 0 saturated carbocycles. The SMILES string of the molecule is CCOCCCC(O)c1ccc(OCC)c(OCC)c1. The standard InChI is InChI=1S/C16H26O4/c1-4-18-11-7-8-14(17)13-9-10-15(19-5-2)16(12-13)20-6-3/h9-10,12,14,17H,4-8,11H2,1-3H3. The fourth-order valence-electron chi connectivity index (χ4n) is 1.96. The highest BCUT2D eigenvalue weighted by Crippen LogP contribution is 2.31. The fourth-order valence-corrected chi connectivity index (χ4v) is 1.96. The molecule has 1 aromatic carbocycles. The Labute approximate surface area is 121 Å². The molecule has 0 saturated heterocycles. The molecular weight excluding hydrogens is 256 g/mol. The topological polar surface area (TPSA) is 47.9 Å². The van der Waals surface area contributed by atoms with E-state index in [1.165, 1.54) is 0 Å². The fraction of sp³-hybridized carbons (Fsp3) is 0.625. The molecule has 20 heavy (non-hydrogen) atoms. The molecule has 1 rings (SSSR count). The molecular formula is C16H26O4. The summed E-state index contributed by atoms with van der Waals surface area (Å²) in [6.45, 7) is 8.40. The van der Waals surface area contributed by atoms with Gasteiger partial charge in [-0.05, 0) is 51.3 Å². The van der Waals surface area contributed by atoms with Gasteiger partial charge < -0.3 is 19.3 Å². The lowest BCUT2D eigenvalue weighted by atomic mass is 10.0. The summed E-state index contributed by atoms with van der Waals surface area (Å²) in [6, 6.07) is 5.61. The molecule has 4 heteroatoms. The second-order valence-corrected chi connectivity index (χ2v) is 4.43. The van der Waals surface area contributed by atoms with Crippen LogP contribution in [-0.2, 0) is 4.74 Å². The highest BCUT2D eigenvalue weighted by Gasteiger charge is 2.12. The summed E-state index contributed by atoms with van der Waals surface area (Å²) in [4.78, 5) is 0. The van der Waals surface area contributed by atoms with Gasteiger partial charge in [0.2, 0.25) is 0 Å². The lowest BCUT2D eigenvalue weighted by Crippen LogP contribution is -2.03. The molecule has 1 N–H and O–H groups in total. The first-order valence-electron chi connectivity index (χ1n) is 7.38. The maximum atomic E-state index is 10.2. The van der Waals surface area contributed by atoms with Crippen LogP contribution in [0.3, 0.4) is 0 Å². The maximum Gasteiger partial charge on any atom is 0.161 e. The van der Waals surface area contributed by atoms with Gasteiger partial charge in [-0.3, -0.25) is 0 Å². The molecule has 0 radical (unpaired) electrons. The molecule has 0 bridgehead atoms. The van der Waals surface area contributed by atoms with Gasteiger partial charge >= 0.3 is 0 Å². The van der Waals surface area contributed by atoms with E-state index in [0.717, 1.165) is 17.7 Å². The van der Waals surface area contributed by atoms with Crippen LogP contribution < -0.4 is 9.47 Å². The lowest BCUT2D eigenvalue weighted by Gasteiger charge is -2.15. The summed E-state index contributed by atoms with van der Waals surface area (Å²) >= 11 is 0. The van der Waals surface area contributed by atoms with Crippen LogP contribution in [0, 0.1) is 0 Å². The minimum absolute atomic E-state index is 0.495. The predicted molar refractivity (Wildman–Crippen MR) is 79.5 cm³/mol. The van der Waals surface area contributed by atoms with Crippen molar-refractivity contribution >= 4 is 0 Å². The van der Waals surface area contributed by atoms with Crippen molar-refractivity contribution in [1.82, 2.24) is 0 Å². The predicted octanol–water partition coefficient (Wildman–Crippen LogP) is 3.33. The molecule has 1 unspecified atom stereocenters. The van der Waals surface area contributed by atoms with Crippen molar-refractivity contribution in [2.45, 2.75) is 39.7 Å². The molecule has 1 atom stereocenters. The van der Waals surface area contributed by atoms with Crippen molar-refractivity contribution < 1.29 is 19.3 Å². The van der Waals surface area contributed by atoms with E-state index < -0.39 is 6.10 Å². The number of ether oxygens (including phenoxy) is 3. The summed E-state index contributed by atoms with van der Waals surface area (Å²) < 4.78 is 16.4. The summed E-state index contributed by atoms with van der Waals surface area (Å²) in [5.74, 6) is 1.41. The van der Waals surface area contributed by atoms with Gasteiger partial charge in [-0.25, -0.2) is 0 Å². The van der Waals surface area contributed by atoms with Crippen molar-refractivity contribution in [1.29, 1.82) is 0 Å². The van der Waals surface area contributed by atoms with Gasteiger partial charge in [-0.15, -0.1) is 0 Å². The van der Waals surface area contributed by atoms with Crippen LogP contribution in [0.1, 0.15) is 45.3 Å². The number of benzene rings is 1. The van der Waals surface area contributed by atoms with E-state index in [0.29, 0.717) is 38.6 Å². The molecule has 0 fully saturated rings. The zero-order valence-corrected chi connectivity index (χ0v) is 12.7. The monoisotopic (exact) mass is 282 g/mol. The van der Waals surface area contributed by atoms with E-state index >= 15 is 0 Å². The van der Waals surface area contributed by atoms with Gasteiger partial charge in [0.25, 0.3) is 0 Å². The minimum atomic E-state index is -0.495. The van der Waals surface area contributed by atoms with Gasteiger partial charge in [0.05, 0.1) is 19.3 Å². The van der Waals surface area contributed by atoms with Crippen LogP contribution in [0.25, 0.3) is 0 Å². The number of rotatable bonds is 10. The highest BCUT2D eigenvalue weighted by atomic mass is 16.5. The molecule has 0 aliphatic heterocycles. The Balaban J connectivity index is 2.66. The van der Waals surface area contributed by atoms with Crippen molar-refractivity contribution in [3.05, 3.63) is 23.8 Å². The van der Waals surface area contributed by atoms with E-state index in [-0.39, 0.29) is 0 Å². The quantitative estimate of drug-likeness (QED) is 0.669. The molecule has 0 heterocycles. The van der Waals surface area contributed by atoms with Crippen LogP contribution in [0.2, 0.25) is 0 Å². The van der Waals surface area contributed by atoms with Crippen molar-refractivity contribution in [2.75, 3.05) is 26.4 Å². The van der Waals surface area contributed by atoms with Gasteiger partial charge in [0.15, 0.2) is 11.5 Å². The number of hydrogen-bond donors (Lipinski definition) is 1. The molecule has 4 nitrogen and oxygen atoms in total. The number of hydrogen-bond acceptors (Lipinski definition) is 4. The molecule has 0 aromatic heterocycles. The first-order valence-corrected chi connectivity index (χ1v) is 7.38. The largest absolute Gasteiger partial charge is 0.490 e. The second-order valence-electron chi connectivity index (χ2n) is 4.43. The summed E-state index contributed by atoms with van der Waals surface area (Å²) in [5.41, 5.74) is 0.855. The average molecular weight is 282 g/mol. The zero-order chi connectivity index (χ0) is 14.8. The summed E-state index contributed by atoms with van der Waals surface area (Å²) in [6.07, 6.45) is 1.02. The Kier molecular flexibility index (Phi) is 8.07.